The number of nitrogens with one attached hydrogen (secondary N) is 1. The van der Waals surface area contributed by atoms with Gasteiger partial charge in [-0.25, -0.2) is 4.98 Å². The highest BCUT2D eigenvalue weighted by Crippen LogP contribution is 2.33. The molecule has 2 aromatic carbocycles. The number of imidazole rings is 1. The van der Waals surface area contributed by atoms with Gasteiger partial charge in [0.1, 0.15) is 11.9 Å². The molecule has 32 heavy (non-hydrogen) atoms. The molecule has 3 amide bonds. The number of nitrogens with zero attached hydrogens (tertiary/aromatic N) is 3. The standard InChI is InChI=1S/C24H23N5O3/c1-13-3-5-17(18(25)9-13)22-26-19(12-28(22)2)14-4-6-16-15(10-14)11-29(24(16)32)20-7-8-21(30)27-23(20)31/h3-6,9-10,12,20H,7-8,11,25H2,1-2H3,(H,27,30,31). The Labute approximate surface area is 185 Å². The molecule has 3 aromatic rings. The first-order chi connectivity index (χ1) is 15.3. The number of amides is 3. The van der Waals surface area contributed by atoms with Crippen molar-refractivity contribution >= 4 is 23.4 Å². The fourth-order valence-corrected chi connectivity index (χ4v) is 4.48. The fourth-order valence-electron chi connectivity index (χ4n) is 4.48. The highest BCUT2D eigenvalue weighted by molar-refractivity contribution is 6.05. The van der Waals surface area contributed by atoms with Gasteiger partial charge in [-0.15, -0.1) is 0 Å². The Hall–Kier alpha value is -3.94. The Morgan fingerprint density at radius 2 is 1.88 bits per heavy atom. The first-order valence-corrected chi connectivity index (χ1v) is 10.5. The molecule has 0 radical (unpaired) electrons. The molecule has 1 fully saturated rings. The van der Waals surface area contributed by atoms with Crippen molar-refractivity contribution < 1.29 is 14.4 Å². The van der Waals surface area contributed by atoms with Gasteiger partial charge in [0.2, 0.25) is 11.8 Å². The van der Waals surface area contributed by atoms with Gasteiger partial charge in [-0.3, -0.25) is 19.7 Å². The lowest BCUT2D eigenvalue weighted by Crippen LogP contribution is -2.52. The van der Waals surface area contributed by atoms with Crippen LogP contribution in [0.2, 0.25) is 0 Å². The molecule has 1 atom stereocenters. The van der Waals surface area contributed by atoms with Crippen molar-refractivity contribution in [3.05, 3.63) is 59.3 Å². The topological polar surface area (TPSA) is 110 Å². The lowest BCUT2D eigenvalue weighted by atomic mass is 10.0. The van der Waals surface area contributed by atoms with Gasteiger partial charge in [-0.1, -0.05) is 12.1 Å². The zero-order valence-electron chi connectivity index (χ0n) is 17.9. The van der Waals surface area contributed by atoms with Crippen molar-refractivity contribution in [2.45, 2.75) is 32.4 Å². The minimum atomic E-state index is -0.623. The molecule has 1 unspecified atom stereocenters. The number of hydrogen-bond acceptors (Lipinski definition) is 5. The fraction of sp³-hybridized carbons (Fsp3) is 0.250. The van der Waals surface area contributed by atoms with Gasteiger partial charge in [-0.2, -0.15) is 0 Å². The largest absolute Gasteiger partial charge is 0.398 e. The molecule has 2 aliphatic rings. The van der Waals surface area contributed by atoms with E-state index in [0.29, 0.717) is 24.2 Å². The normalized spacial score (nSPS) is 18.1. The van der Waals surface area contributed by atoms with Crippen LogP contribution in [0.15, 0.2) is 42.6 Å². The van der Waals surface area contributed by atoms with E-state index < -0.39 is 11.9 Å². The maximum atomic E-state index is 12.9. The lowest BCUT2D eigenvalue weighted by molar-refractivity contribution is -0.136. The highest BCUT2D eigenvalue weighted by Gasteiger charge is 2.39. The minimum absolute atomic E-state index is 0.185. The summed E-state index contributed by atoms with van der Waals surface area (Å²) in [7, 11) is 1.92. The summed E-state index contributed by atoms with van der Waals surface area (Å²) in [5, 5.41) is 2.33. The summed E-state index contributed by atoms with van der Waals surface area (Å²) in [6, 6.07) is 10.9. The quantitative estimate of drug-likeness (QED) is 0.491. The van der Waals surface area contributed by atoms with Crippen molar-refractivity contribution in [1.82, 2.24) is 19.8 Å². The van der Waals surface area contributed by atoms with Crippen molar-refractivity contribution in [1.29, 1.82) is 0 Å². The Bertz CT molecular complexity index is 1290. The summed E-state index contributed by atoms with van der Waals surface area (Å²) in [5.41, 5.74) is 11.9. The molecule has 3 N–H and O–H groups in total. The van der Waals surface area contributed by atoms with E-state index in [1.54, 1.807) is 11.0 Å². The predicted octanol–water partition coefficient (Wildman–Crippen LogP) is 2.41. The molecule has 1 saturated heterocycles. The maximum absolute atomic E-state index is 12.9. The van der Waals surface area contributed by atoms with Crippen LogP contribution in [-0.2, 0) is 23.2 Å². The van der Waals surface area contributed by atoms with Gasteiger partial charge >= 0.3 is 0 Å². The van der Waals surface area contributed by atoms with Crippen molar-refractivity contribution in [3.63, 3.8) is 0 Å². The second-order valence-electron chi connectivity index (χ2n) is 8.42. The first kappa shape index (κ1) is 20.0. The van der Waals surface area contributed by atoms with E-state index in [9.17, 15) is 14.4 Å². The molecule has 2 aliphatic heterocycles. The molecule has 0 saturated carbocycles. The number of anilines is 1. The molecule has 0 bridgehead atoms. The third-order valence-electron chi connectivity index (χ3n) is 6.14. The zero-order chi connectivity index (χ0) is 22.6. The minimum Gasteiger partial charge on any atom is -0.398 e. The molecule has 3 heterocycles. The summed E-state index contributed by atoms with van der Waals surface area (Å²) in [5.74, 6) is -0.125. The van der Waals surface area contributed by atoms with Crippen LogP contribution in [-0.4, -0.2) is 38.2 Å². The van der Waals surface area contributed by atoms with E-state index in [1.165, 1.54) is 0 Å². The Kier molecular flexibility index (Phi) is 4.58. The van der Waals surface area contributed by atoms with Crippen LogP contribution >= 0.6 is 0 Å². The van der Waals surface area contributed by atoms with E-state index in [-0.39, 0.29) is 18.2 Å². The van der Waals surface area contributed by atoms with Crippen LogP contribution in [0.1, 0.15) is 34.3 Å². The van der Waals surface area contributed by atoms with Crippen LogP contribution in [0.5, 0.6) is 0 Å². The van der Waals surface area contributed by atoms with Gasteiger partial charge in [0.05, 0.1) is 5.69 Å². The summed E-state index contributed by atoms with van der Waals surface area (Å²) in [6.07, 6.45) is 2.52. The Morgan fingerprint density at radius 3 is 2.62 bits per heavy atom. The SMILES string of the molecule is Cc1ccc(-c2nc(-c3ccc4c(c3)CN(C3CCC(=O)NC3=O)C4=O)cn2C)c(N)c1. The van der Waals surface area contributed by atoms with E-state index >= 15 is 0 Å². The smallest absolute Gasteiger partial charge is 0.255 e. The number of aromatic nitrogens is 2. The van der Waals surface area contributed by atoms with Crippen LogP contribution in [0.25, 0.3) is 22.6 Å². The van der Waals surface area contributed by atoms with Crippen molar-refractivity contribution in [2.24, 2.45) is 7.05 Å². The van der Waals surface area contributed by atoms with E-state index in [4.69, 9.17) is 10.7 Å². The Balaban J connectivity index is 1.45. The average molecular weight is 429 g/mol. The van der Waals surface area contributed by atoms with Gasteiger partial charge in [0.25, 0.3) is 5.91 Å². The molecule has 5 rings (SSSR count). The second kappa shape index (κ2) is 7.33. The van der Waals surface area contributed by atoms with Crippen molar-refractivity contribution in [2.75, 3.05) is 5.73 Å². The number of imide groups is 1. The van der Waals surface area contributed by atoms with Crippen molar-refractivity contribution in [3.8, 4) is 22.6 Å². The van der Waals surface area contributed by atoms with E-state index in [0.717, 1.165) is 33.8 Å². The lowest BCUT2D eigenvalue weighted by Gasteiger charge is -2.29. The second-order valence-corrected chi connectivity index (χ2v) is 8.42. The molecule has 162 valence electrons. The number of carbonyl (C=O) groups is 3. The van der Waals surface area contributed by atoms with Gasteiger partial charge < -0.3 is 15.2 Å². The third-order valence-corrected chi connectivity index (χ3v) is 6.14. The van der Waals surface area contributed by atoms with Gasteiger partial charge in [0.15, 0.2) is 0 Å². The number of aryl methyl sites for hydroxylation is 2. The zero-order valence-corrected chi connectivity index (χ0v) is 17.9. The van der Waals surface area contributed by atoms with Crippen LogP contribution in [0.4, 0.5) is 5.69 Å². The first-order valence-electron chi connectivity index (χ1n) is 10.5. The molecule has 8 heteroatoms. The molecule has 0 spiro atoms. The summed E-state index contributed by atoms with van der Waals surface area (Å²) < 4.78 is 1.93. The predicted molar refractivity (Wildman–Crippen MR) is 119 cm³/mol. The average Bonchev–Trinajstić information content (AvgIpc) is 3.28. The summed E-state index contributed by atoms with van der Waals surface area (Å²) >= 11 is 0. The number of nitrogen functional groups attached to an aromatic ring is 1. The molecular weight excluding hydrogens is 406 g/mol. The maximum Gasteiger partial charge on any atom is 0.255 e. The number of rotatable bonds is 3. The highest BCUT2D eigenvalue weighted by atomic mass is 16.2. The number of hydrogen-bond donors (Lipinski definition) is 2. The van der Waals surface area contributed by atoms with Crippen LogP contribution in [0, 0.1) is 6.92 Å². The van der Waals surface area contributed by atoms with Gasteiger partial charge in [-0.05, 0) is 48.7 Å². The molecule has 0 aliphatic carbocycles. The monoisotopic (exact) mass is 429 g/mol. The molecule has 1 aromatic heterocycles. The number of carbonyl (C=O) groups excluding carboxylic acids is 3. The molecular formula is C24H23N5O3. The number of piperidine rings is 1. The Morgan fingerprint density at radius 1 is 1.09 bits per heavy atom. The number of benzene rings is 2. The number of nitrogens with two attached hydrogens (primary N) is 1. The third kappa shape index (κ3) is 3.24. The summed E-state index contributed by atoms with van der Waals surface area (Å²) in [6.45, 7) is 2.33. The van der Waals surface area contributed by atoms with Crippen LogP contribution < -0.4 is 11.1 Å². The number of fused-ring (bicyclic) bond motifs is 1. The van der Waals surface area contributed by atoms with E-state index in [1.807, 2.05) is 55.1 Å². The van der Waals surface area contributed by atoms with E-state index in [2.05, 4.69) is 5.32 Å². The van der Waals surface area contributed by atoms with Crippen LogP contribution in [0.3, 0.4) is 0 Å². The molecule has 8 nitrogen and oxygen atoms in total. The summed E-state index contributed by atoms with van der Waals surface area (Å²) in [4.78, 5) is 43.0. The van der Waals surface area contributed by atoms with Gasteiger partial charge in [0, 0.05) is 48.6 Å².